The predicted molar refractivity (Wildman–Crippen MR) is 44.0 cm³/mol. The van der Waals surface area contributed by atoms with Crippen molar-refractivity contribution in [3.8, 4) is 0 Å². The van der Waals surface area contributed by atoms with Crippen LogP contribution in [0.2, 0.25) is 0 Å². The summed E-state index contributed by atoms with van der Waals surface area (Å²) >= 11 is 1.43. The van der Waals surface area contributed by atoms with Gasteiger partial charge in [0.25, 0.3) is 0 Å². The van der Waals surface area contributed by atoms with Crippen LogP contribution in [0, 0.1) is 0 Å². The van der Waals surface area contributed by atoms with Crippen molar-refractivity contribution >= 4 is 17.7 Å². The van der Waals surface area contributed by atoms with Crippen LogP contribution < -0.4 is 0 Å². The van der Waals surface area contributed by atoms with Gasteiger partial charge in [0, 0.05) is 11.3 Å². The van der Waals surface area contributed by atoms with E-state index in [2.05, 4.69) is 6.58 Å². The number of hydrogen-bond donors (Lipinski definition) is 1. The molecule has 0 aliphatic rings. The highest BCUT2D eigenvalue weighted by Crippen LogP contribution is 2.06. The fourth-order valence-corrected chi connectivity index (χ4v) is 0.875. The molecule has 0 bridgehead atoms. The van der Waals surface area contributed by atoms with Gasteiger partial charge < -0.3 is 5.11 Å². The van der Waals surface area contributed by atoms with Gasteiger partial charge >= 0.3 is 5.97 Å². The highest BCUT2D eigenvalue weighted by Gasteiger charge is 1.96. The van der Waals surface area contributed by atoms with Crippen LogP contribution in [0.5, 0.6) is 0 Å². The van der Waals surface area contributed by atoms with Crippen molar-refractivity contribution in [2.75, 3.05) is 5.75 Å². The zero-order valence-corrected chi connectivity index (χ0v) is 6.65. The summed E-state index contributed by atoms with van der Waals surface area (Å²) in [6, 6.07) is 0. The van der Waals surface area contributed by atoms with E-state index >= 15 is 0 Å². The first kappa shape index (κ1) is 9.30. The monoisotopic (exact) mass is 158 g/mol. The lowest BCUT2D eigenvalue weighted by molar-refractivity contribution is -0.132. The normalized spacial score (nSPS) is 11.1. The first-order valence-electron chi connectivity index (χ1n) is 2.81. The summed E-state index contributed by atoms with van der Waals surface area (Å²) in [5.74, 6) is -0.110. The fraction of sp³-hybridized carbons (Fsp3) is 0.286. The van der Waals surface area contributed by atoms with Crippen molar-refractivity contribution in [3.63, 3.8) is 0 Å². The van der Waals surface area contributed by atoms with E-state index in [1.54, 1.807) is 18.4 Å². The Balaban J connectivity index is 3.68. The molecule has 0 spiro atoms. The number of carboxylic acids is 1. The van der Waals surface area contributed by atoms with Gasteiger partial charge in [-0.2, -0.15) is 0 Å². The number of carboxylic acid groups (broad SMARTS) is 1. The standard InChI is InChI=1S/C7H10O2S/c1-3-4-10-5-6(2)7(8)9/h3,5H,1,4H2,2H3,(H,8,9). The third-order valence-electron chi connectivity index (χ3n) is 0.812. The number of aliphatic carboxylic acids is 1. The number of carbonyl (C=O) groups is 1. The molecule has 0 radical (unpaired) electrons. The van der Waals surface area contributed by atoms with Crippen LogP contribution in [0.15, 0.2) is 23.6 Å². The summed E-state index contributed by atoms with van der Waals surface area (Å²) in [6.45, 7) is 5.07. The van der Waals surface area contributed by atoms with Crippen molar-refractivity contribution in [2.45, 2.75) is 6.92 Å². The van der Waals surface area contributed by atoms with Crippen LogP contribution in [0.1, 0.15) is 6.92 Å². The Morgan fingerprint density at radius 3 is 2.80 bits per heavy atom. The summed E-state index contributed by atoms with van der Waals surface area (Å²) in [7, 11) is 0. The molecule has 0 aromatic heterocycles. The Morgan fingerprint density at radius 1 is 1.80 bits per heavy atom. The van der Waals surface area contributed by atoms with Crippen molar-refractivity contribution in [1.29, 1.82) is 0 Å². The first-order valence-corrected chi connectivity index (χ1v) is 3.86. The van der Waals surface area contributed by atoms with Crippen molar-refractivity contribution < 1.29 is 9.90 Å². The van der Waals surface area contributed by atoms with Gasteiger partial charge in [-0.1, -0.05) is 6.08 Å². The molecule has 10 heavy (non-hydrogen) atoms. The second kappa shape index (κ2) is 5.11. The Labute approximate surface area is 64.6 Å². The van der Waals surface area contributed by atoms with Gasteiger partial charge in [0.05, 0.1) is 0 Å². The summed E-state index contributed by atoms with van der Waals surface area (Å²) < 4.78 is 0. The minimum absolute atomic E-state index is 0.367. The minimum Gasteiger partial charge on any atom is -0.478 e. The Morgan fingerprint density at radius 2 is 2.40 bits per heavy atom. The van der Waals surface area contributed by atoms with Gasteiger partial charge in [0.1, 0.15) is 0 Å². The molecule has 0 saturated carbocycles. The molecule has 0 aliphatic heterocycles. The second-order valence-electron chi connectivity index (χ2n) is 1.73. The molecule has 0 rings (SSSR count). The summed E-state index contributed by atoms with van der Waals surface area (Å²) in [5, 5.41) is 9.99. The third-order valence-corrected chi connectivity index (χ3v) is 1.76. The number of thioether (sulfide) groups is 1. The Hall–Kier alpha value is -0.700. The molecular weight excluding hydrogens is 148 g/mol. The molecule has 2 nitrogen and oxygen atoms in total. The third kappa shape index (κ3) is 4.21. The van der Waals surface area contributed by atoms with E-state index < -0.39 is 5.97 Å². The average Bonchev–Trinajstić information content (AvgIpc) is 1.88. The zero-order chi connectivity index (χ0) is 7.98. The SMILES string of the molecule is C=CCSC=C(C)C(=O)O. The van der Waals surface area contributed by atoms with Crippen LogP contribution in [-0.2, 0) is 4.79 Å². The summed E-state index contributed by atoms with van der Waals surface area (Å²) in [5.41, 5.74) is 0.367. The van der Waals surface area contributed by atoms with Gasteiger partial charge in [-0.25, -0.2) is 4.79 Å². The van der Waals surface area contributed by atoms with Gasteiger partial charge in [-0.15, -0.1) is 18.3 Å². The van der Waals surface area contributed by atoms with Crippen LogP contribution in [0.4, 0.5) is 0 Å². The molecule has 0 aromatic carbocycles. The van der Waals surface area contributed by atoms with Crippen LogP contribution in [0.3, 0.4) is 0 Å². The molecule has 0 amide bonds. The molecular formula is C7H10O2S. The molecule has 1 N–H and O–H groups in total. The average molecular weight is 158 g/mol. The fourth-order valence-electron chi connectivity index (χ4n) is 0.292. The number of hydrogen-bond acceptors (Lipinski definition) is 2. The quantitative estimate of drug-likeness (QED) is 0.385. The molecule has 0 fully saturated rings. The second-order valence-corrected chi connectivity index (χ2v) is 2.63. The van der Waals surface area contributed by atoms with E-state index in [-0.39, 0.29) is 0 Å². The van der Waals surface area contributed by atoms with E-state index in [0.717, 1.165) is 5.75 Å². The molecule has 0 saturated heterocycles. The first-order chi connectivity index (χ1) is 4.68. The highest BCUT2D eigenvalue weighted by molar-refractivity contribution is 8.02. The van der Waals surface area contributed by atoms with Gasteiger partial charge in [0.2, 0.25) is 0 Å². The van der Waals surface area contributed by atoms with Crippen molar-refractivity contribution in [2.24, 2.45) is 0 Å². The topological polar surface area (TPSA) is 37.3 Å². The molecule has 56 valence electrons. The largest absolute Gasteiger partial charge is 0.478 e. The van der Waals surface area contributed by atoms with Crippen molar-refractivity contribution in [3.05, 3.63) is 23.6 Å². The zero-order valence-electron chi connectivity index (χ0n) is 5.83. The van der Waals surface area contributed by atoms with Gasteiger partial charge in [-0.3, -0.25) is 0 Å². The van der Waals surface area contributed by atoms with Gasteiger partial charge in [0.15, 0.2) is 0 Å². The highest BCUT2D eigenvalue weighted by atomic mass is 32.2. The molecule has 0 atom stereocenters. The predicted octanol–water partition coefficient (Wildman–Crippen LogP) is 1.89. The van der Waals surface area contributed by atoms with Crippen LogP contribution in [0.25, 0.3) is 0 Å². The lowest BCUT2D eigenvalue weighted by Crippen LogP contribution is -1.94. The Bertz CT molecular complexity index is 161. The van der Waals surface area contributed by atoms with E-state index in [0.29, 0.717) is 5.57 Å². The van der Waals surface area contributed by atoms with Gasteiger partial charge in [-0.05, 0) is 12.3 Å². The lowest BCUT2D eigenvalue weighted by atomic mass is 10.4. The smallest absolute Gasteiger partial charge is 0.331 e. The van der Waals surface area contributed by atoms with Crippen molar-refractivity contribution in [1.82, 2.24) is 0 Å². The Kier molecular flexibility index (Phi) is 4.76. The molecule has 0 unspecified atom stereocenters. The molecule has 0 aliphatic carbocycles. The van der Waals surface area contributed by atoms with E-state index in [4.69, 9.17) is 5.11 Å². The van der Waals surface area contributed by atoms with E-state index in [1.807, 2.05) is 0 Å². The maximum absolute atomic E-state index is 10.2. The lowest BCUT2D eigenvalue weighted by Gasteiger charge is -1.90. The maximum atomic E-state index is 10.2. The minimum atomic E-state index is -0.864. The molecule has 0 aromatic rings. The van der Waals surface area contributed by atoms with Crippen LogP contribution >= 0.6 is 11.8 Å². The van der Waals surface area contributed by atoms with Crippen LogP contribution in [-0.4, -0.2) is 16.8 Å². The maximum Gasteiger partial charge on any atom is 0.331 e. The molecule has 3 heteroatoms. The number of rotatable bonds is 4. The van der Waals surface area contributed by atoms with E-state index in [9.17, 15) is 4.79 Å². The van der Waals surface area contributed by atoms with E-state index in [1.165, 1.54) is 11.8 Å². The summed E-state index contributed by atoms with van der Waals surface area (Å²) in [4.78, 5) is 10.2. The molecule has 0 heterocycles. The summed E-state index contributed by atoms with van der Waals surface area (Å²) in [6.07, 6.45) is 1.73.